The molecular weight excluding hydrogens is 210 g/mol. The van der Waals surface area contributed by atoms with Gasteiger partial charge in [0.2, 0.25) is 5.91 Å². The minimum Gasteiger partial charge on any atom is -0.325 e. The number of amides is 1. The zero-order valence-electron chi connectivity index (χ0n) is 9.52. The molecule has 1 rings (SSSR count). The summed E-state index contributed by atoms with van der Waals surface area (Å²) in [6.07, 6.45) is 0. The summed E-state index contributed by atoms with van der Waals surface area (Å²) in [5, 5.41) is 3.36. The molecule has 0 bridgehead atoms. The van der Waals surface area contributed by atoms with E-state index in [0.29, 0.717) is 5.02 Å². The molecule has 0 saturated carbocycles. The molecule has 0 spiro atoms. The van der Waals surface area contributed by atoms with Crippen LogP contribution in [0, 0.1) is 0 Å². The molecule has 1 aromatic carbocycles. The van der Waals surface area contributed by atoms with Crippen LogP contribution in [0.25, 0.3) is 0 Å². The first-order chi connectivity index (χ1) is 6.82. The smallest absolute Gasteiger partial charge is 0.221 e. The minimum absolute atomic E-state index is 0.0390. The molecule has 0 unspecified atom stereocenters. The number of benzene rings is 1. The highest BCUT2D eigenvalue weighted by atomic mass is 35.5. The molecule has 0 atom stereocenters. The Morgan fingerprint density at radius 1 is 1.33 bits per heavy atom. The van der Waals surface area contributed by atoms with Crippen molar-refractivity contribution in [3.63, 3.8) is 0 Å². The van der Waals surface area contributed by atoms with Crippen molar-refractivity contribution in [2.75, 3.05) is 5.32 Å². The number of anilines is 1. The van der Waals surface area contributed by atoms with Crippen molar-refractivity contribution in [1.29, 1.82) is 0 Å². The van der Waals surface area contributed by atoms with Crippen molar-refractivity contribution in [1.82, 2.24) is 0 Å². The Labute approximate surface area is 95.6 Å². The lowest BCUT2D eigenvalue weighted by Gasteiger charge is -2.23. The van der Waals surface area contributed by atoms with E-state index < -0.39 is 0 Å². The molecule has 0 saturated heterocycles. The molecule has 1 N–H and O–H groups in total. The summed E-state index contributed by atoms with van der Waals surface area (Å²) < 4.78 is 0. The summed E-state index contributed by atoms with van der Waals surface area (Å²) in [7, 11) is 0. The number of carbonyl (C=O) groups excluding carboxylic acids is 1. The van der Waals surface area contributed by atoms with Crippen LogP contribution in [0.1, 0.15) is 33.3 Å². The van der Waals surface area contributed by atoms with Crippen LogP contribution >= 0.6 is 11.6 Å². The van der Waals surface area contributed by atoms with Crippen molar-refractivity contribution in [3.8, 4) is 0 Å². The number of rotatable bonds is 1. The number of hydrogen-bond acceptors (Lipinski definition) is 1. The summed E-state index contributed by atoms with van der Waals surface area (Å²) in [5.41, 5.74) is 1.73. The van der Waals surface area contributed by atoms with Crippen LogP contribution in [0.5, 0.6) is 0 Å². The largest absolute Gasteiger partial charge is 0.325 e. The summed E-state index contributed by atoms with van der Waals surface area (Å²) in [4.78, 5) is 11.1. The summed E-state index contributed by atoms with van der Waals surface area (Å²) in [6.45, 7) is 7.74. The highest BCUT2D eigenvalue weighted by Gasteiger charge is 2.19. The van der Waals surface area contributed by atoms with Crippen molar-refractivity contribution in [3.05, 3.63) is 28.8 Å². The highest BCUT2D eigenvalue weighted by Crippen LogP contribution is 2.34. The maximum atomic E-state index is 11.1. The number of nitrogens with one attached hydrogen (secondary N) is 1. The van der Waals surface area contributed by atoms with Gasteiger partial charge in [-0.2, -0.15) is 0 Å². The SMILES string of the molecule is CC(=O)Nc1c(Cl)cccc1C(C)(C)C. The van der Waals surface area contributed by atoms with Gasteiger partial charge in [0.1, 0.15) is 0 Å². The van der Waals surface area contributed by atoms with Crippen LogP contribution in [-0.4, -0.2) is 5.91 Å². The van der Waals surface area contributed by atoms with Gasteiger partial charge >= 0.3 is 0 Å². The quantitative estimate of drug-likeness (QED) is 0.778. The van der Waals surface area contributed by atoms with Crippen LogP contribution in [-0.2, 0) is 10.2 Å². The Morgan fingerprint density at radius 2 is 1.93 bits per heavy atom. The first-order valence-electron chi connectivity index (χ1n) is 4.89. The molecule has 1 amide bonds. The average Bonchev–Trinajstić information content (AvgIpc) is 2.05. The second-order valence-corrected chi connectivity index (χ2v) is 5.00. The van der Waals surface area contributed by atoms with Crippen LogP contribution in [0.2, 0.25) is 5.02 Å². The van der Waals surface area contributed by atoms with E-state index in [1.807, 2.05) is 12.1 Å². The van der Waals surface area contributed by atoms with Gasteiger partial charge in [-0.25, -0.2) is 0 Å². The number of carbonyl (C=O) groups is 1. The zero-order valence-corrected chi connectivity index (χ0v) is 10.3. The van der Waals surface area contributed by atoms with E-state index in [1.165, 1.54) is 6.92 Å². The van der Waals surface area contributed by atoms with E-state index >= 15 is 0 Å². The van der Waals surface area contributed by atoms with Crippen molar-refractivity contribution in [2.45, 2.75) is 33.1 Å². The van der Waals surface area contributed by atoms with Gasteiger partial charge in [0.25, 0.3) is 0 Å². The lowest BCUT2D eigenvalue weighted by molar-refractivity contribution is -0.114. The Kier molecular flexibility index (Phi) is 3.40. The van der Waals surface area contributed by atoms with Gasteiger partial charge < -0.3 is 5.32 Å². The van der Waals surface area contributed by atoms with Gasteiger partial charge in [-0.05, 0) is 17.0 Å². The van der Waals surface area contributed by atoms with Gasteiger partial charge in [0.15, 0.2) is 0 Å². The van der Waals surface area contributed by atoms with E-state index in [1.54, 1.807) is 6.07 Å². The molecular formula is C12H16ClNO. The van der Waals surface area contributed by atoms with Crippen LogP contribution in [0.15, 0.2) is 18.2 Å². The third-order valence-electron chi connectivity index (χ3n) is 2.12. The number of para-hydroxylation sites is 1. The molecule has 0 fully saturated rings. The van der Waals surface area contributed by atoms with Gasteiger partial charge in [-0.15, -0.1) is 0 Å². The molecule has 1 aromatic rings. The Bertz CT molecular complexity index is 380. The van der Waals surface area contributed by atoms with E-state index in [9.17, 15) is 4.79 Å². The van der Waals surface area contributed by atoms with E-state index in [4.69, 9.17) is 11.6 Å². The van der Waals surface area contributed by atoms with E-state index in [0.717, 1.165) is 11.3 Å². The molecule has 3 heteroatoms. The van der Waals surface area contributed by atoms with Crippen molar-refractivity contribution >= 4 is 23.2 Å². The summed E-state index contributed by atoms with van der Waals surface area (Å²) in [6, 6.07) is 5.66. The number of hydrogen-bond donors (Lipinski definition) is 1. The first kappa shape index (κ1) is 12.1. The second kappa shape index (κ2) is 4.23. The Balaban J connectivity index is 3.26. The zero-order chi connectivity index (χ0) is 11.6. The number of halogens is 1. The lowest BCUT2D eigenvalue weighted by Crippen LogP contribution is -2.17. The average molecular weight is 226 g/mol. The highest BCUT2D eigenvalue weighted by molar-refractivity contribution is 6.33. The lowest BCUT2D eigenvalue weighted by atomic mass is 9.86. The molecule has 0 aliphatic heterocycles. The molecule has 0 aliphatic carbocycles. The van der Waals surface area contributed by atoms with Crippen LogP contribution in [0.4, 0.5) is 5.69 Å². The topological polar surface area (TPSA) is 29.1 Å². The molecule has 82 valence electrons. The van der Waals surface area contributed by atoms with E-state index in [2.05, 4.69) is 26.1 Å². The Hall–Kier alpha value is -1.02. The van der Waals surface area contributed by atoms with Gasteiger partial charge in [-0.1, -0.05) is 44.5 Å². The molecule has 0 aliphatic rings. The fourth-order valence-corrected chi connectivity index (χ4v) is 1.67. The fourth-order valence-electron chi connectivity index (χ4n) is 1.45. The van der Waals surface area contributed by atoms with Crippen molar-refractivity contribution < 1.29 is 4.79 Å². The second-order valence-electron chi connectivity index (χ2n) is 4.59. The monoisotopic (exact) mass is 225 g/mol. The summed E-state index contributed by atoms with van der Waals surface area (Å²) >= 11 is 6.06. The van der Waals surface area contributed by atoms with Crippen LogP contribution in [0.3, 0.4) is 0 Å². The predicted octanol–water partition coefficient (Wildman–Crippen LogP) is 3.60. The molecule has 0 heterocycles. The standard InChI is InChI=1S/C12H16ClNO/c1-8(15)14-11-9(12(2,3)4)6-5-7-10(11)13/h5-7H,1-4H3,(H,14,15). The molecule has 15 heavy (non-hydrogen) atoms. The summed E-state index contributed by atoms with van der Waals surface area (Å²) in [5.74, 6) is -0.103. The van der Waals surface area contributed by atoms with Gasteiger partial charge in [-0.3, -0.25) is 4.79 Å². The maximum Gasteiger partial charge on any atom is 0.221 e. The van der Waals surface area contributed by atoms with Gasteiger partial charge in [0, 0.05) is 6.92 Å². The predicted molar refractivity (Wildman–Crippen MR) is 64.5 cm³/mol. The Morgan fingerprint density at radius 3 is 2.40 bits per heavy atom. The van der Waals surface area contributed by atoms with Gasteiger partial charge in [0.05, 0.1) is 10.7 Å². The molecule has 0 aromatic heterocycles. The maximum absolute atomic E-state index is 11.1. The van der Waals surface area contributed by atoms with Crippen molar-refractivity contribution in [2.24, 2.45) is 0 Å². The fraction of sp³-hybridized carbons (Fsp3) is 0.417. The molecule has 2 nitrogen and oxygen atoms in total. The third-order valence-corrected chi connectivity index (χ3v) is 2.44. The third kappa shape index (κ3) is 2.96. The van der Waals surface area contributed by atoms with Crippen LogP contribution < -0.4 is 5.32 Å². The minimum atomic E-state index is -0.103. The molecule has 0 radical (unpaired) electrons. The first-order valence-corrected chi connectivity index (χ1v) is 5.27. The normalized spacial score (nSPS) is 11.3. The van der Waals surface area contributed by atoms with E-state index in [-0.39, 0.29) is 11.3 Å².